The quantitative estimate of drug-likeness (QED) is 0.632. The normalized spacial score (nSPS) is 15.9. The van der Waals surface area contributed by atoms with Gasteiger partial charge in [-0.1, -0.05) is 19.5 Å². The number of nitrogens with one attached hydrogen (secondary N) is 2. The molecule has 0 radical (unpaired) electrons. The molecule has 3 nitrogen and oxygen atoms in total. The van der Waals surface area contributed by atoms with E-state index in [1.165, 1.54) is 12.8 Å². The number of hydrogen-bond acceptors (Lipinski definition) is 3. The molecule has 0 aromatic heterocycles. The van der Waals surface area contributed by atoms with E-state index in [-0.39, 0.29) is 0 Å². The lowest BCUT2D eigenvalue weighted by atomic mass is 10.5. The Hall–Kier alpha value is 0.0538. The molecule has 0 amide bonds. The molecule has 17 heavy (non-hydrogen) atoms. The van der Waals surface area contributed by atoms with Crippen LogP contribution in [0.2, 0.25) is 19.6 Å². The molecule has 2 N–H and O–H groups in total. The van der Waals surface area contributed by atoms with Gasteiger partial charge in [-0.25, -0.2) is 0 Å². The lowest BCUT2D eigenvalue weighted by Crippen LogP contribution is -2.72. The average Bonchev–Trinajstić information content (AvgIpc) is 2.32. The van der Waals surface area contributed by atoms with E-state index in [1.54, 1.807) is 0 Å². The molecule has 0 aromatic rings. The largest absolute Gasteiger partial charge is 0.326 e. The molecule has 0 fully saturated rings. The predicted molar refractivity (Wildman–Crippen MR) is 83.6 cm³/mol. The molecular weight excluding hydrogens is 242 g/mol. The van der Waals surface area contributed by atoms with Gasteiger partial charge < -0.3 is 14.2 Å². The van der Waals surface area contributed by atoms with Crippen molar-refractivity contribution in [3.8, 4) is 0 Å². The van der Waals surface area contributed by atoms with Crippen molar-refractivity contribution >= 4 is 16.8 Å². The van der Waals surface area contributed by atoms with Gasteiger partial charge in [0.15, 0.2) is 8.40 Å². The Morgan fingerprint density at radius 3 is 1.94 bits per heavy atom. The minimum absolute atomic E-state index is 1.08. The first-order valence-corrected chi connectivity index (χ1v) is 12.2. The van der Waals surface area contributed by atoms with Crippen molar-refractivity contribution in [3.63, 3.8) is 0 Å². The highest BCUT2D eigenvalue weighted by Gasteiger charge is 2.39. The Kier molecular flexibility index (Phi) is 7.50. The van der Waals surface area contributed by atoms with Gasteiger partial charge in [-0.2, -0.15) is 0 Å². The summed E-state index contributed by atoms with van der Waals surface area (Å²) < 4.78 is 2.58. The molecule has 0 aliphatic rings. The fourth-order valence-corrected chi connectivity index (χ4v) is 9.74. The maximum absolute atomic E-state index is 4.05. The first kappa shape index (κ1) is 17.1. The average molecular weight is 274 g/mol. The van der Waals surface area contributed by atoms with E-state index in [9.17, 15) is 0 Å². The van der Waals surface area contributed by atoms with Crippen LogP contribution in [-0.4, -0.2) is 41.2 Å². The molecule has 0 saturated carbocycles. The molecule has 0 rings (SSSR count). The van der Waals surface area contributed by atoms with Crippen molar-refractivity contribution in [1.82, 2.24) is 14.2 Å². The summed E-state index contributed by atoms with van der Waals surface area (Å²) in [4.78, 5) is 7.46. The van der Waals surface area contributed by atoms with Crippen molar-refractivity contribution in [2.75, 3.05) is 20.1 Å². The van der Waals surface area contributed by atoms with Crippen molar-refractivity contribution < 1.29 is 0 Å². The van der Waals surface area contributed by atoms with Gasteiger partial charge in [0.2, 0.25) is 8.40 Å². The topological polar surface area (TPSA) is 27.3 Å². The van der Waals surface area contributed by atoms with E-state index >= 15 is 0 Å². The molecule has 0 aliphatic heterocycles. The molecule has 0 aliphatic carbocycles. The zero-order valence-corrected chi connectivity index (χ0v) is 14.6. The third-order valence-electron chi connectivity index (χ3n) is 3.47. The van der Waals surface area contributed by atoms with Crippen molar-refractivity contribution in [3.05, 3.63) is 12.3 Å². The van der Waals surface area contributed by atoms with Gasteiger partial charge in [0.25, 0.3) is 0 Å². The highest BCUT2D eigenvalue weighted by Crippen LogP contribution is 2.14. The van der Waals surface area contributed by atoms with Gasteiger partial charge in [-0.05, 0) is 52.6 Å². The van der Waals surface area contributed by atoms with Gasteiger partial charge in [-0.3, -0.25) is 0 Å². The zero-order valence-electron chi connectivity index (χ0n) is 12.6. The Morgan fingerprint density at radius 2 is 1.53 bits per heavy atom. The van der Waals surface area contributed by atoms with Gasteiger partial charge in [0.1, 0.15) is 0 Å². The second-order valence-corrected chi connectivity index (χ2v) is 13.6. The van der Waals surface area contributed by atoms with Gasteiger partial charge in [0.05, 0.1) is 0 Å². The van der Waals surface area contributed by atoms with Crippen LogP contribution in [0.4, 0.5) is 0 Å². The molecule has 0 aromatic carbocycles. The minimum atomic E-state index is -1.69. The van der Waals surface area contributed by atoms with Gasteiger partial charge >= 0.3 is 0 Å². The predicted octanol–water partition coefficient (Wildman–Crippen LogP) is 2.42. The van der Waals surface area contributed by atoms with Crippen LogP contribution in [-0.2, 0) is 0 Å². The summed E-state index contributed by atoms with van der Waals surface area (Å²) in [5, 5.41) is 0. The smallest absolute Gasteiger partial charge is 0.220 e. The molecule has 0 heterocycles. The van der Waals surface area contributed by atoms with Gasteiger partial charge in [0, 0.05) is 0 Å². The van der Waals surface area contributed by atoms with Crippen molar-refractivity contribution in [2.45, 2.75) is 46.3 Å². The molecule has 0 spiro atoms. The molecular formula is C12H31N3Si2. The van der Waals surface area contributed by atoms with Gasteiger partial charge in [-0.15, -0.1) is 6.58 Å². The standard InChI is InChI=1S/C12H31N3Si2/c1-8-11-13-16(5,6)15(4)17(7,10-3)14-12-9-2/h10,13-14H,3,8-9,11-12H2,1-2,4-7H3. The summed E-state index contributed by atoms with van der Waals surface area (Å²) in [7, 11) is -0.954. The van der Waals surface area contributed by atoms with Crippen LogP contribution in [0.5, 0.6) is 0 Å². The second-order valence-electron chi connectivity index (χ2n) is 5.32. The van der Waals surface area contributed by atoms with E-state index < -0.39 is 16.8 Å². The number of nitrogens with zero attached hydrogens (tertiary/aromatic N) is 1. The summed E-state index contributed by atoms with van der Waals surface area (Å²) in [6, 6.07) is 0. The van der Waals surface area contributed by atoms with Crippen molar-refractivity contribution in [2.24, 2.45) is 0 Å². The minimum Gasteiger partial charge on any atom is -0.326 e. The van der Waals surface area contributed by atoms with E-state index in [2.05, 4.69) is 67.0 Å². The summed E-state index contributed by atoms with van der Waals surface area (Å²) in [6.45, 7) is 17.8. The third kappa shape index (κ3) is 5.05. The lowest BCUT2D eigenvalue weighted by Gasteiger charge is -2.44. The van der Waals surface area contributed by atoms with Crippen LogP contribution in [0.15, 0.2) is 12.3 Å². The third-order valence-corrected chi connectivity index (χ3v) is 12.5. The van der Waals surface area contributed by atoms with Crippen LogP contribution in [0.25, 0.3) is 0 Å². The Morgan fingerprint density at radius 1 is 1.06 bits per heavy atom. The SMILES string of the molecule is C=C[Si](C)(NCCC)N(C)[Si](C)(C)NCCC. The zero-order chi connectivity index (χ0) is 13.5. The Labute approximate surface area is 110 Å². The summed E-state index contributed by atoms with van der Waals surface area (Å²) >= 11 is 0. The van der Waals surface area contributed by atoms with Crippen LogP contribution < -0.4 is 9.96 Å². The maximum Gasteiger partial charge on any atom is 0.220 e. The summed E-state index contributed by atoms with van der Waals surface area (Å²) in [5.41, 5.74) is 2.16. The first-order chi connectivity index (χ1) is 7.84. The summed E-state index contributed by atoms with van der Waals surface area (Å²) in [6.07, 6.45) is 2.37. The van der Waals surface area contributed by atoms with E-state index in [0.717, 1.165) is 13.1 Å². The summed E-state index contributed by atoms with van der Waals surface area (Å²) in [5.74, 6) is 0. The van der Waals surface area contributed by atoms with Crippen LogP contribution in [0.1, 0.15) is 26.7 Å². The fourth-order valence-electron chi connectivity index (χ4n) is 1.84. The lowest BCUT2D eigenvalue weighted by molar-refractivity contribution is 0.661. The molecule has 0 bridgehead atoms. The van der Waals surface area contributed by atoms with Crippen LogP contribution in [0.3, 0.4) is 0 Å². The maximum atomic E-state index is 4.05. The van der Waals surface area contributed by atoms with Crippen molar-refractivity contribution in [1.29, 1.82) is 0 Å². The number of rotatable bonds is 9. The van der Waals surface area contributed by atoms with Crippen LogP contribution in [0, 0.1) is 0 Å². The number of hydrogen-bond donors (Lipinski definition) is 2. The van der Waals surface area contributed by atoms with E-state index in [4.69, 9.17) is 0 Å². The Balaban J connectivity index is 4.70. The monoisotopic (exact) mass is 273 g/mol. The molecule has 102 valence electrons. The first-order valence-electron chi connectivity index (χ1n) is 6.71. The highest BCUT2D eigenvalue weighted by molar-refractivity contribution is 6.91. The van der Waals surface area contributed by atoms with E-state index in [0.29, 0.717) is 0 Å². The fraction of sp³-hybridized carbons (Fsp3) is 0.833. The Bertz CT molecular complexity index is 234. The molecule has 0 saturated heterocycles. The molecule has 5 heteroatoms. The second kappa shape index (κ2) is 7.48. The molecule has 1 unspecified atom stereocenters. The highest BCUT2D eigenvalue weighted by atomic mass is 28.4. The molecule has 1 atom stereocenters. The van der Waals surface area contributed by atoms with E-state index in [1.807, 2.05) is 0 Å². The van der Waals surface area contributed by atoms with Crippen LogP contribution >= 0.6 is 0 Å².